The number of ether oxygens (including phenoxy) is 1. The number of halogens is 1. The molecule has 1 aliphatic rings. The molecule has 2 aromatic rings. The Morgan fingerprint density at radius 1 is 1.21 bits per heavy atom. The molecule has 2 aromatic carbocycles. The highest BCUT2D eigenvalue weighted by atomic mass is 35.5. The predicted octanol–water partition coefficient (Wildman–Crippen LogP) is 4.88. The molecule has 152 valence electrons. The zero-order chi connectivity index (χ0) is 21.1. The first-order valence-corrected chi connectivity index (χ1v) is 9.95. The van der Waals surface area contributed by atoms with Crippen molar-refractivity contribution in [1.82, 2.24) is 4.90 Å². The highest BCUT2D eigenvalue weighted by molar-refractivity contribution is 6.47. The number of unbranched alkanes of at least 4 members (excludes halogenated alkanes) is 1. The average molecular weight is 414 g/mol. The van der Waals surface area contributed by atoms with Gasteiger partial charge in [-0.2, -0.15) is 0 Å². The fourth-order valence-corrected chi connectivity index (χ4v) is 3.79. The number of hydrogen-bond donors (Lipinski definition) is 1. The van der Waals surface area contributed by atoms with Crippen molar-refractivity contribution in [3.8, 4) is 5.75 Å². The van der Waals surface area contributed by atoms with Gasteiger partial charge >= 0.3 is 0 Å². The second kappa shape index (κ2) is 8.70. The summed E-state index contributed by atoms with van der Waals surface area (Å²) in [5, 5.41) is 11.4. The third-order valence-corrected chi connectivity index (χ3v) is 5.41. The summed E-state index contributed by atoms with van der Waals surface area (Å²) in [6.07, 6.45) is 1.64. The van der Waals surface area contributed by atoms with Gasteiger partial charge in [0.05, 0.1) is 23.7 Å². The maximum Gasteiger partial charge on any atom is 0.295 e. The summed E-state index contributed by atoms with van der Waals surface area (Å²) in [5.74, 6) is -1.12. The molecule has 0 radical (unpaired) electrons. The summed E-state index contributed by atoms with van der Waals surface area (Å²) < 4.78 is 5.22. The maximum atomic E-state index is 12.9. The van der Waals surface area contributed by atoms with E-state index in [9.17, 15) is 14.7 Å². The predicted molar refractivity (Wildman–Crippen MR) is 113 cm³/mol. The van der Waals surface area contributed by atoms with E-state index in [4.69, 9.17) is 16.3 Å². The monoisotopic (exact) mass is 413 g/mol. The third-order valence-electron chi connectivity index (χ3n) is 5.08. The first-order chi connectivity index (χ1) is 13.9. The molecule has 0 saturated carbocycles. The van der Waals surface area contributed by atoms with Gasteiger partial charge in [-0.25, -0.2) is 0 Å². The Morgan fingerprint density at radius 2 is 1.97 bits per heavy atom. The third kappa shape index (κ3) is 4.01. The van der Waals surface area contributed by atoms with Gasteiger partial charge in [-0.05, 0) is 37.1 Å². The van der Waals surface area contributed by atoms with Crippen molar-refractivity contribution in [2.24, 2.45) is 0 Å². The molecule has 3 rings (SSSR count). The zero-order valence-corrected chi connectivity index (χ0v) is 17.5. The van der Waals surface area contributed by atoms with Crippen LogP contribution >= 0.6 is 11.6 Å². The van der Waals surface area contributed by atoms with Gasteiger partial charge in [0.2, 0.25) is 0 Å². The molecule has 0 spiro atoms. The number of nitrogens with zero attached hydrogens (tertiary/aromatic N) is 1. The highest BCUT2D eigenvalue weighted by Gasteiger charge is 2.45. The number of hydrogen-bond acceptors (Lipinski definition) is 4. The molecule has 5 nitrogen and oxygen atoms in total. The van der Waals surface area contributed by atoms with Crippen LogP contribution in [0.3, 0.4) is 0 Å². The molecule has 0 aliphatic carbocycles. The smallest absolute Gasteiger partial charge is 0.295 e. The molecule has 1 saturated heterocycles. The standard InChI is InChI=1S/C23H24ClNO4/c1-4-5-11-25-20(15-8-6-7-14(2)12-15)19(22(27)23(25)28)21(26)17-13-16(29-3)9-10-18(17)24/h6-10,12-13,20,26H,4-5,11H2,1-3H3/b21-19+. The Bertz CT molecular complexity index is 983. The van der Waals surface area contributed by atoms with Crippen LogP contribution in [0.4, 0.5) is 0 Å². The fraction of sp³-hybridized carbons (Fsp3) is 0.304. The molecule has 29 heavy (non-hydrogen) atoms. The molecule has 1 heterocycles. The number of ketones is 1. The summed E-state index contributed by atoms with van der Waals surface area (Å²) in [4.78, 5) is 27.3. The zero-order valence-electron chi connectivity index (χ0n) is 16.7. The van der Waals surface area contributed by atoms with E-state index in [1.165, 1.54) is 7.11 Å². The van der Waals surface area contributed by atoms with E-state index >= 15 is 0 Å². The van der Waals surface area contributed by atoms with Crippen LogP contribution in [0.25, 0.3) is 5.76 Å². The van der Waals surface area contributed by atoms with Crippen LogP contribution in [0, 0.1) is 6.92 Å². The molecule has 1 fully saturated rings. The van der Waals surface area contributed by atoms with Gasteiger partial charge < -0.3 is 14.7 Å². The van der Waals surface area contributed by atoms with Gasteiger partial charge in [-0.3, -0.25) is 9.59 Å². The first kappa shape index (κ1) is 20.9. The van der Waals surface area contributed by atoms with E-state index < -0.39 is 17.7 Å². The molecule has 1 amide bonds. The Kier molecular flexibility index (Phi) is 6.28. The Balaban J connectivity index is 2.22. The van der Waals surface area contributed by atoms with Crippen LogP contribution in [0.5, 0.6) is 5.75 Å². The van der Waals surface area contributed by atoms with Crippen molar-refractivity contribution in [2.75, 3.05) is 13.7 Å². The second-order valence-electron chi connectivity index (χ2n) is 7.11. The highest BCUT2D eigenvalue weighted by Crippen LogP contribution is 2.41. The number of aryl methyl sites for hydroxylation is 1. The van der Waals surface area contributed by atoms with Crippen molar-refractivity contribution in [2.45, 2.75) is 32.7 Å². The van der Waals surface area contributed by atoms with Crippen molar-refractivity contribution in [3.63, 3.8) is 0 Å². The number of aliphatic hydroxyl groups excluding tert-OH is 1. The molecule has 1 unspecified atom stereocenters. The van der Waals surface area contributed by atoms with E-state index in [0.717, 1.165) is 24.0 Å². The number of Topliss-reactive ketones (excluding diaryl/α,β-unsaturated/α-hetero) is 1. The number of carbonyl (C=O) groups is 2. The molecule has 1 N–H and O–H groups in total. The molecular formula is C23H24ClNO4. The van der Waals surface area contributed by atoms with E-state index in [0.29, 0.717) is 12.3 Å². The quantitative estimate of drug-likeness (QED) is 0.416. The summed E-state index contributed by atoms with van der Waals surface area (Å²) in [5.41, 5.74) is 2.09. The van der Waals surface area contributed by atoms with Gasteiger partial charge in [-0.1, -0.05) is 54.8 Å². The number of amides is 1. The van der Waals surface area contributed by atoms with Crippen LogP contribution in [0.2, 0.25) is 5.02 Å². The second-order valence-corrected chi connectivity index (χ2v) is 7.51. The summed E-state index contributed by atoms with van der Waals surface area (Å²) in [7, 11) is 1.50. The van der Waals surface area contributed by atoms with Crippen LogP contribution in [-0.4, -0.2) is 35.4 Å². The van der Waals surface area contributed by atoms with Gasteiger partial charge in [0.25, 0.3) is 11.7 Å². The van der Waals surface area contributed by atoms with Crippen molar-refractivity contribution in [1.29, 1.82) is 0 Å². The summed E-state index contributed by atoms with van der Waals surface area (Å²) >= 11 is 6.29. The van der Waals surface area contributed by atoms with Gasteiger partial charge in [0.1, 0.15) is 11.5 Å². The average Bonchev–Trinajstić information content (AvgIpc) is 2.96. The number of carbonyl (C=O) groups excluding carboxylic acids is 2. The number of aliphatic hydroxyl groups is 1. The van der Waals surface area contributed by atoms with Crippen molar-refractivity contribution < 1.29 is 19.4 Å². The van der Waals surface area contributed by atoms with Crippen LogP contribution in [0.15, 0.2) is 48.0 Å². The topological polar surface area (TPSA) is 66.8 Å². The molecule has 6 heteroatoms. The number of benzene rings is 2. The van der Waals surface area contributed by atoms with Crippen molar-refractivity contribution in [3.05, 3.63) is 69.8 Å². The minimum Gasteiger partial charge on any atom is -0.507 e. The minimum absolute atomic E-state index is 0.0480. The van der Waals surface area contributed by atoms with Gasteiger partial charge in [0.15, 0.2) is 0 Å². The number of methoxy groups -OCH3 is 1. The van der Waals surface area contributed by atoms with E-state index in [2.05, 4.69) is 0 Å². The van der Waals surface area contributed by atoms with Crippen LogP contribution in [0.1, 0.15) is 42.5 Å². The maximum absolute atomic E-state index is 12.9. The number of likely N-dealkylation sites (tertiary alicyclic amines) is 1. The van der Waals surface area contributed by atoms with E-state index in [1.54, 1.807) is 23.1 Å². The van der Waals surface area contributed by atoms with Crippen LogP contribution < -0.4 is 4.74 Å². The normalized spacial score (nSPS) is 18.3. The molecule has 1 atom stereocenters. The Hall–Kier alpha value is -2.79. The minimum atomic E-state index is -0.705. The van der Waals surface area contributed by atoms with Crippen LogP contribution in [-0.2, 0) is 9.59 Å². The lowest BCUT2D eigenvalue weighted by Crippen LogP contribution is -2.30. The lowest BCUT2D eigenvalue weighted by molar-refractivity contribution is -0.139. The molecule has 1 aliphatic heterocycles. The SMILES string of the molecule is CCCCN1C(=O)C(=O)/C(=C(/O)c2cc(OC)ccc2Cl)C1c1cccc(C)c1. The van der Waals surface area contributed by atoms with E-state index in [1.807, 2.05) is 38.1 Å². The summed E-state index contributed by atoms with van der Waals surface area (Å²) in [6.45, 7) is 4.40. The molecule has 0 aromatic heterocycles. The Labute approximate surface area is 175 Å². The largest absolute Gasteiger partial charge is 0.507 e. The molecule has 0 bridgehead atoms. The molecular weight excluding hydrogens is 390 g/mol. The lowest BCUT2D eigenvalue weighted by atomic mass is 9.94. The fourth-order valence-electron chi connectivity index (χ4n) is 3.58. The van der Waals surface area contributed by atoms with Crippen molar-refractivity contribution >= 4 is 29.1 Å². The summed E-state index contributed by atoms with van der Waals surface area (Å²) in [6, 6.07) is 11.8. The van der Waals surface area contributed by atoms with Gasteiger partial charge in [-0.15, -0.1) is 0 Å². The first-order valence-electron chi connectivity index (χ1n) is 9.58. The Morgan fingerprint density at radius 3 is 2.62 bits per heavy atom. The van der Waals surface area contributed by atoms with E-state index in [-0.39, 0.29) is 21.9 Å². The van der Waals surface area contributed by atoms with Gasteiger partial charge in [0, 0.05) is 12.1 Å². The number of rotatable bonds is 6. The lowest BCUT2D eigenvalue weighted by Gasteiger charge is -2.25.